The van der Waals surface area contributed by atoms with Crippen LogP contribution in [0.2, 0.25) is 0 Å². The fourth-order valence-corrected chi connectivity index (χ4v) is 2.70. The van der Waals surface area contributed by atoms with Crippen LogP contribution in [0.4, 0.5) is 0 Å². The van der Waals surface area contributed by atoms with Crippen LogP contribution in [0.25, 0.3) is 0 Å². The number of nitrogens with zero attached hydrogens (tertiary/aromatic N) is 3. The van der Waals surface area contributed by atoms with E-state index in [2.05, 4.69) is 31.1 Å². The summed E-state index contributed by atoms with van der Waals surface area (Å²) >= 11 is 4.78. The summed E-state index contributed by atoms with van der Waals surface area (Å²) in [6.07, 6.45) is 0. The van der Waals surface area contributed by atoms with E-state index in [4.69, 9.17) is 0 Å². The summed E-state index contributed by atoms with van der Waals surface area (Å²) in [6, 6.07) is 3.90. The summed E-state index contributed by atoms with van der Waals surface area (Å²) in [7, 11) is 0. The van der Waals surface area contributed by atoms with Crippen molar-refractivity contribution in [2.75, 3.05) is 0 Å². The second-order valence-corrected chi connectivity index (χ2v) is 5.94. The summed E-state index contributed by atoms with van der Waals surface area (Å²) in [5.41, 5.74) is 0.718. The summed E-state index contributed by atoms with van der Waals surface area (Å²) < 4.78 is 2.58. The van der Waals surface area contributed by atoms with Gasteiger partial charge >= 0.3 is 5.69 Å². The number of aryl methyl sites for hydroxylation is 1. The molecule has 0 spiro atoms. The Labute approximate surface area is 117 Å². The fourth-order valence-electron chi connectivity index (χ4n) is 1.49. The van der Waals surface area contributed by atoms with Crippen LogP contribution in [0.3, 0.4) is 0 Å². The van der Waals surface area contributed by atoms with Gasteiger partial charge in [-0.2, -0.15) is 0 Å². The number of H-pyrrole nitrogens is 1. The maximum Gasteiger partial charge on any atom is 0.344 e. The van der Waals surface area contributed by atoms with E-state index >= 15 is 0 Å². The van der Waals surface area contributed by atoms with Gasteiger partial charge in [0.1, 0.15) is 5.03 Å². The molecule has 5 nitrogen and oxygen atoms in total. The molecule has 0 unspecified atom stereocenters. The Morgan fingerprint density at radius 3 is 2.78 bits per heavy atom. The topological polar surface area (TPSA) is 63.6 Å². The third kappa shape index (κ3) is 2.67. The van der Waals surface area contributed by atoms with E-state index in [1.165, 1.54) is 11.8 Å². The molecule has 18 heavy (non-hydrogen) atoms. The first kappa shape index (κ1) is 13.4. The minimum atomic E-state index is -0.193. The zero-order chi connectivity index (χ0) is 13.3. The maximum absolute atomic E-state index is 11.6. The highest BCUT2D eigenvalue weighted by atomic mass is 79.9. The van der Waals surface area contributed by atoms with Gasteiger partial charge in [0.15, 0.2) is 5.16 Å². The Bertz CT molecular complexity index is 620. The quantitative estimate of drug-likeness (QED) is 0.940. The first-order chi connectivity index (χ1) is 8.49. The van der Waals surface area contributed by atoms with Gasteiger partial charge in [-0.25, -0.2) is 14.9 Å². The lowest BCUT2D eigenvalue weighted by Gasteiger charge is -2.08. The number of aromatic amines is 1. The zero-order valence-corrected chi connectivity index (χ0v) is 12.7. The van der Waals surface area contributed by atoms with E-state index in [1.807, 2.05) is 32.9 Å². The van der Waals surface area contributed by atoms with Crippen molar-refractivity contribution in [3.63, 3.8) is 0 Å². The third-order valence-electron chi connectivity index (χ3n) is 2.38. The van der Waals surface area contributed by atoms with Gasteiger partial charge in [-0.1, -0.05) is 0 Å². The minimum Gasteiger partial charge on any atom is -0.267 e. The average molecular weight is 329 g/mol. The van der Waals surface area contributed by atoms with Gasteiger partial charge in [-0.05, 0) is 60.6 Å². The van der Waals surface area contributed by atoms with E-state index in [0.717, 1.165) is 15.2 Å². The molecule has 7 heteroatoms. The van der Waals surface area contributed by atoms with Crippen molar-refractivity contribution < 1.29 is 0 Å². The summed E-state index contributed by atoms with van der Waals surface area (Å²) in [5, 5.41) is 7.93. The Kier molecular flexibility index (Phi) is 3.91. The molecule has 0 saturated heterocycles. The first-order valence-electron chi connectivity index (χ1n) is 5.47. The molecule has 0 fully saturated rings. The van der Waals surface area contributed by atoms with Crippen LogP contribution in [0, 0.1) is 6.92 Å². The van der Waals surface area contributed by atoms with Crippen LogP contribution in [-0.4, -0.2) is 19.7 Å². The number of hydrogen-bond acceptors (Lipinski definition) is 4. The van der Waals surface area contributed by atoms with Crippen molar-refractivity contribution in [3.05, 3.63) is 32.8 Å². The molecule has 2 aromatic heterocycles. The fraction of sp³-hybridized carbons (Fsp3) is 0.364. The SMILES string of the molecule is Cc1nc(Sc2n[nH]c(=O)n2C(C)C)ccc1Br. The largest absolute Gasteiger partial charge is 0.344 e. The smallest absolute Gasteiger partial charge is 0.267 e. The molecule has 2 rings (SSSR count). The van der Waals surface area contributed by atoms with E-state index in [0.29, 0.717) is 5.16 Å². The molecule has 0 aromatic carbocycles. The predicted octanol–water partition coefficient (Wildman–Crippen LogP) is 2.77. The van der Waals surface area contributed by atoms with Crippen molar-refractivity contribution in [2.24, 2.45) is 0 Å². The van der Waals surface area contributed by atoms with Crippen molar-refractivity contribution in [1.82, 2.24) is 19.7 Å². The molecular weight excluding hydrogens is 316 g/mol. The lowest BCUT2D eigenvalue weighted by atomic mass is 10.4. The molecule has 0 saturated carbocycles. The molecule has 2 heterocycles. The molecule has 1 N–H and O–H groups in total. The molecular formula is C11H13BrN4OS. The van der Waals surface area contributed by atoms with Gasteiger partial charge in [0.2, 0.25) is 0 Å². The van der Waals surface area contributed by atoms with Crippen molar-refractivity contribution >= 4 is 27.7 Å². The molecule has 0 radical (unpaired) electrons. The van der Waals surface area contributed by atoms with Gasteiger partial charge in [-0.15, -0.1) is 5.10 Å². The standard InChI is InChI=1S/C11H13BrN4OS/c1-6(2)16-10(17)14-15-11(16)18-9-5-4-8(12)7(3)13-9/h4-6H,1-3H3,(H,14,17). The molecule has 0 atom stereocenters. The van der Waals surface area contributed by atoms with Gasteiger partial charge < -0.3 is 0 Å². The van der Waals surface area contributed by atoms with Crippen LogP contribution in [0.1, 0.15) is 25.6 Å². The minimum absolute atomic E-state index is 0.0651. The van der Waals surface area contributed by atoms with Crippen LogP contribution in [0.5, 0.6) is 0 Å². The molecule has 0 amide bonds. The maximum atomic E-state index is 11.6. The molecule has 96 valence electrons. The second kappa shape index (κ2) is 5.27. The van der Waals surface area contributed by atoms with Gasteiger partial charge in [0.05, 0.1) is 5.69 Å². The van der Waals surface area contributed by atoms with Crippen LogP contribution >= 0.6 is 27.7 Å². The lowest BCUT2D eigenvalue weighted by Crippen LogP contribution is -2.19. The monoisotopic (exact) mass is 328 g/mol. The third-order valence-corrected chi connectivity index (χ3v) is 4.13. The van der Waals surface area contributed by atoms with Gasteiger partial charge in [0.25, 0.3) is 0 Å². The van der Waals surface area contributed by atoms with Crippen molar-refractivity contribution in [1.29, 1.82) is 0 Å². The number of nitrogens with one attached hydrogen (secondary N) is 1. The van der Waals surface area contributed by atoms with Crippen LogP contribution in [-0.2, 0) is 0 Å². The average Bonchev–Trinajstić information content (AvgIpc) is 2.65. The van der Waals surface area contributed by atoms with Crippen molar-refractivity contribution in [2.45, 2.75) is 37.0 Å². The lowest BCUT2D eigenvalue weighted by molar-refractivity contribution is 0.534. The Hall–Kier alpha value is -1.08. The molecule has 0 bridgehead atoms. The molecule has 2 aromatic rings. The van der Waals surface area contributed by atoms with E-state index in [-0.39, 0.29) is 11.7 Å². The normalized spacial score (nSPS) is 11.2. The Morgan fingerprint density at radius 2 is 2.17 bits per heavy atom. The summed E-state index contributed by atoms with van der Waals surface area (Å²) in [5.74, 6) is 0. The Morgan fingerprint density at radius 1 is 1.44 bits per heavy atom. The molecule has 0 aliphatic carbocycles. The van der Waals surface area contributed by atoms with E-state index in [1.54, 1.807) is 4.57 Å². The predicted molar refractivity (Wildman–Crippen MR) is 74.0 cm³/mol. The van der Waals surface area contributed by atoms with Gasteiger partial charge in [0, 0.05) is 10.5 Å². The highest BCUT2D eigenvalue weighted by Crippen LogP contribution is 2.26. The highest BCUT2D eigenvalue weighted by molar-refractivity contribution is 9.10. The zero-order valence-electron chi connectivity index (χ0n) is 10.3. The van der Waals surface area contributed by atoms with Gasteiger partial charge in [-0.3, -0.25) is 4.57 Å². The summed E-state index contributed by atoms with van der Waals surface area (Å²) in [6.45, 7) is 5.82. The van der Waals surface area contributed by atoms with E-state index < -0.39 is 0 Å². The van der Waals surface area contributed by atoms with Crippen LogP contribution in [0.15, 0.2) is 31.6 Å². The molecule has 0 aliphatic rings. The molecule has 0 aliphatic heterocycles. The number of hydrogen-bond donors (Lipinski definition) is 1. The number of pyridine rings is 1. The number of aromatic nitrogens is 4. The first-order valence-corrected chi connectivity index (χ1v) is 7.08. The highest BCUT2D eigenvalue weighted by Gasteiger charge is 2.13. The second-order valence-electron chi connectivity index (χ2n) is 4.09. The number of rotatable bonds is 3. The van der Waals surface area contributed by atoms with Crippen molar-refractivity contribution in [3.8, 4) is 0 Å². The Balaban J connectivity index is 2.34. The number of halogens is 1. The summed E-state index contributed by atoms with van der Waals surface area (Å²) in [4.78, 5) is 16.0. The van der Waals surface area contributed by atoms with E-state index in [9.17, 15) is 4.79 Å². The van der Waals surface area contributed by atoms with Crippen LogP contribution < -0.4 is 5.69 Å².